The standard InChI is InChI=1S/C17H19BrN4O.HI/c1-12-2-8-15(9-3-12)22-17(19)21-11-10-20-16(23)13-4-6-14(18)7-5-13;/h2-9H,10-11H2,1H3,(H,20,23)(H3,19,21,22);1H. The third kappa shape index (κ3) is 6.88. The van der Waals surface area contributed by atoms with Crippen LogP contribution in [-0.4, -0.2) is 25.0 Å². The molecule has 0 aromatic heterocycles. The molecule has 24 heavy (non-hydrogen) atoms. The highest BCUT2D eigenvalue weighted by molar-refractivity contribution is 14.0. The zero-order chi connectivity index (χ0) is 16.7. The van der Waals surface area contributed by atoms with E-state index in [-0.39, 0.29) is 29.9 Å². The molecule has 0 aliphatic rings. The maximum Gasteiger partial charge on any atom is 0.251 e. The van der Waals surface area contributed by atoms with Crippen molar-refractivity contribution in [3.8, 4) is 0 Å². The predicted octanol–water partition coefficient (Wildman–Crippen LogP) is 3.53. The molecule has 0 saturated heterocycles. The molecule has 0 unspecified atom stereocenters. The quantitative estimate of drug-likeness (QED) is 0.253. The fourth-order valence-corrected chi connectivity index (χ4v) is 2.14. The first kappa shape index (κ1) is 20.4. The molecule has 2 rings (SSSR count). The van der Waals surface area contributed by atoms with Crippen molar-refractivity contribution in [3.05, 3.63) is 64.1 Å². The van der Waals surface area contributed by atoms with E-state index >= 15 is 0 Å². The Balaban J connectivity index is 0.00000288. The van der Waals surface area contributed by atoms with Gasteiger partial charge in [-0.3, -0.25) is 9.79 Å². The molecule has 1 amide bonds. The fourth-order valence-electron chi connectivity index (χ4n) is 1.87. The average molecular weight is 503 g/mol. The SMILES string of the molecule is Cc1ccc(NC(N)=NCCNC(=O)c2ccc(Br)cc2)cc1.I. The van der Waals surface area contributed by atoms with Gasteiger partial charge in [0.25, 0.3) is 5.91 Å². The summed E-state index contributed by atoms with van der Waals surface area (Å²) in [5, 5.41) is 5.81. The summed E-state index contributed by atoms with van der Waals surface area (Å²) in [5.74, 6) is 0.199. The van der Waals surface area contributed by atoms with Crippen molar-refractivity contribution in [1.82, 2.24) is 5.32 Å². The van der Waals surface area contributed by atoms with Gasteiger partial charge in [0.1, 0.15) is 0 Å². The minimum absolute atomic E-state index is 0. The molecule has 2 aromatic carbocycles. The van der Waals surface area contributed by atoms with E-state index in [1.165, 1.54) is 5.56 Å². The number of carbonyl (C=O) groups excluding carboxylic acids is 1. The molecular formula is C17H20BrIN4O. The zero-order valence-corrected chi connectivity index (χ0v) is 17.2. The van der Waals surface area contributed by atoms with Crippen LogP contribution in [0.4, 0.5) is 5.69 Å². The number of aliphatic imine (C=N–C) groups is 1. The van der Waals surface area contributed by atoms with Crippen molar-refractivity contribution in [1.29, 1.82) is 0 Å². The smallest absolute Gasteiger partial charge is 0.251 e. The van der Waals surface area contributed by atoms with Gasteiger partial charge in [0, 0.05) is 22.3 Å². The second-order valence-electron chi connectivity index (χ2n) is 5.02. The molecule has 0 aliphatic carbocycles. The number of amides is 1. The van der Waals surface area contributed by atoms with Gasteiger partial charge >= 0.3 is 0 Å². The molecule has 0 aliphatic heterocycles. The van der Waals surface area contributed by atoms with E-state index in [2.05, 4.69) is 31.6 Å². The lowest BCUT2D eigenvalue weighted by molar-refractivity contribution is 0.0955. The molecule has 0 spiro atoms. The zero-order valence-electron chi connectivity index (χ0n) is 13.3. The normalized spacial score (nSPS) is 10.7. The van der Waals surface area contributed by atoms with Gasteiger partial charge in [-0.25, -0.2) is 0 Å². The lowest BCUT2D eigenvalue weighted by Crippen LogP contribution is -2.28. The van der Waals surface area contributed by atoms with Crippen molar-refractivity contribution < 1.29 is 4.79 Å². The number of guanidine groups is 1. The molecule has 0 saturated carbocycles. The van der Waals surface area contributed by atoms with Crippen molar-refractivity contribution in [3.63, 3.8) is 0 Å². The molecule has 0 heterocycles. The lowest BCUT2D eigenvalue weighted by Gasteiger charge is -2.07. The number of carbonyl (C=O) groups is 1. The number of nitrogens with two attached hydrogens (primary N) is 1. The van der Waals surface area contributed by atoms with Crippen LogP contribution in [-0.2, 0) is 0 Å². The third-order valence-electron chi connectivity index (χ3n) is 3.11. The number of nitrogens with zero attached hydrogens (tertiary/aromatic N) is 1. The summed E-state index contributed by atoms with van der Waals surface area (Å²) >= 11 is 3.34. The van der Waals surface area contributed by atoms with E-state index in [4.69, 9.17) is 5.73 Å². The van der Waals surface area contributed by atoms with Crippen LogP contribution in [0.3, 0.4) is 0 Å². The van der Waals surface area contributed by atoms with E-state index in [1.54, 1.807) is 12.1 Å². The number of aryl methyl sites for hydroxylation is 1. The second-order valence-corrected chi connectivity index (χ2v) is 5.94. The first-order valence-electron chi connectivity index (χ1n) is 7.22. The highest BCUT2D eigenvalue weighted by Gasteiger charge is 2.03. The summed E-state index contributed by atoms with van der Waals surface area (Å²) in [4.78, 5) is 16.1. The Kier molecular flexibility index (Phi) is 8.77. The number of hydrogen-bond acceptors (Lipinski definition) is 2. The van der Waals surface area contributed by atoms with E-state index in [0.717, 1.165) is 10.2 Å². The van der Waals surface area contributed by atoms with Gasteiger partial charge in [0.15, 0.2) is 5.96 Å². The van der Waals surface area contributed by atoms with Crippen LogP contribution >= 0.6 is 39.9 Å². The maximum atomic E-state index is 11.9. The van der Waals surface area contributed by atoms with Crippen molar-refractivity contribution >= 4 is 57.5 Å². The van der Waals surface area contributed by atoms with Gasteiger partial charge in [-0.2, -0.15) is 0 Å². The highest BCUT2D eigenvalue weighted by Crippen LogP contribution is 2.10. The van der Waals surface area contributed by atoms with Gasteiger partial charge in [0.2, 0.25) is 0 Å². The molecule has 0 bridgehead atoms. The minimum Gasteiger partial charge on any atom is -0.370 e. The van der Waals surface area contributed by atoms with Crippen LogP contribution in [0.5, 0.6) is 0 Å². The molecule has 0 radical (unpaired) electrons. The number of benzene rings is 2. The van der Waals surface area contributed by atoms with E-state index in [0.29, 0.717) is 24.6 Å². The highest BCUT2D eigenvalue weighted by atomic mass is 127. The number of nitrogens with one attached hydrogen (secondary N) is 2. The average Bonchev–Trinajstić information content (AvgIpc) is 2.54. The summed E-state index contributed by atoms with van der Waals surface area (Å²) in [5.41, 5.74) is 8.49. The maximum absolute atomic E-state index is 11.9. The summed E-state index contributed by atoms with van der Waals surface area (Å²) in [6.07, 6.45) is 0. The number of halogens is 2. The Morgan fingerprint density at radius 3 is 2.38 bits per heavy atom. The minimum atomic E-state index is -0.127. The van der Waals surface area contributed by atoms with E-state index in [1.807, 2.05) is 43.3 Å². The lowest BCUT2D eigenvalue weighted by atomic mass is 10.2. The Hall–Kier alpha value is -1.61. The molecule has 7 heteroatoms. The van der Waals surface area contributed by atoms with E-state index < -0.39 is 0 Å². The Bertz CT molecular complexity index is 687. The van der Waals surface area contributed by atoms with Crippen LogP contribution < -0.4 is 16.4 Å². The predicted molar refractivity (Wildman–Crippen MR) is 113 cm³/mol. The summed E-state index contributed by atoms with van der Waals surface area (Å²) in [6.45, 7) is 2.85. The number of rotatable bonds is 5. The molecule has 5 nitrogen and oxygen atoms in total. The largest absolute Gasteiger partial charge is 0.370 e. The second kappa shape index (κ2) is 10.3. The van der Waals surface area contributed by atoms with Crippen LogP contribution in [0, 0.1) is 6.92 Å². The topological polar surface area (TPSA) is 79.5 Å². The van der Waals surface area contributed by atoms with Crippen molar-refractivity contribution in [2.45, 2.75) is 6.92 Å². The van der Waals surface area contributed by atoms with Crippen LogP contribution in [0.2, 0.25) is 0 Å². The third-order valence-corrected chi connectivity index (χ3v) is 3.64. The summed E-state index contributed by atoms with van der Waals surface area (Å²) in [6, 6.07) is 15.0. The molecule has 128 valence electrons. The van der Waals surface area contributed by atoms with Gasteiger partial charge in [0.05, 0.1) is 6.54 Å². The Morgan fingerprint density at radius 2 is 1.75 bits per heavy atom. The van der Waals surface area contributed by atoms with Crippen LogP contribution in [0.25, 0.3) is 0 Å². The Morgan fingerprint density at radius 1 is 1.12 bits per heavy atom. The van der Waals surface area contributed by atoms with Gasteiger partial charge in [-0.05, 0) is 43.3 Å². The van der Waals surface area contributed by atoms with Crippen molar-refractivity contribution in [2.24, 2.45) is 10.7 Å². The molecule has 2 aromatic rings. The van der Waals surface area contributed by atoms with Gasteiger partial charge in [-0.1, -0.05) is 33.6 Å². The van der Waals surface area contributed by atoms with Gasteiger partial charge < -0.3 is 16.4 Å². The van der Waals surface area contributed by atoms with Crippen LogP contribution in [0.1, 0.15) is 15.9 Å². The Labute approximate surface area is 167 Å². The molecule has 0 fully saturated rings. The van der Waals surface area contributed by atoms with Crippen molar-refractivity contribution in [2.75, 3.05) is 18.4 Å². The monoisotopic (exact) mass is 502 g/mol. The van der Waals surface area contributed by atoms with Gasteiger partial charge in [-0.15, -0.1) is 24.0 Å². The first-order valence-corrected chi connectivity index (χ1v) is 8.01. The first-order chi connectivity index (χ1) is 11.0. The summed E-state index contributed by atoms with van der Waals surface area (Å²) in [7, 11) is 0. The summed E-state index contributed by atoms with van der Waals surface area (Å²) < 4.78 is 0.939. The van der Waals surface area contributed by atoms with E-state index in [9.17, 15) is 4.79 Å². The number of hydrogen-bond donors (Lipinski definition) is 3. The van der Waals surface area contributed by atoms with Crippen LogP contribution in [0.15, 0.2) is 58.0 Å². The molecule has 0 atom stereocenters. The molecule has 4 N–H and O–H groups in total. The number of anilines is 1. The molecular weight excluding hydrogens is 483 g/mol. The fraction of sp³-hybridized carbons (Fsp3) is 0.176.